The molecule has 4 rings (SSSR count). The SMILES string of the molecule is C=CCc1cc(/C=N\NC(=O)c2cc3ccccc3cc2OC)cc(OC)c1OCc1ccc(Cl)c(Cl)c1. The highest BCUT2D eigenvalue weighted by molar-refractivity contribution is 6.42. The van der Waals surface area contributed by atoms with E-state index in [1.54, 1.807) is 43.7 Å². The Balaban J connectivity index is 1.54. The Morgan fingerprint density at radius 3 is 2.37 bits per heavy atom. The van der Waals surface area contributed by atoms with E-state index in [2.05, 4.69) is 17.1 Å². The largest absolute Gasteiger partial charge is 0.496 e. The van der Waals surface area contributed by atoms with Crippen LogP contribution in [-0.4, -0.2) is 26.3 Å². The molecule has 0 saturated heterocycles. The van der Waals surface area contributed by atoms with Gasteiger partial charge in [-0.2, -0.15) is 5.10 Å². The van der Waals surface area contributed by atoms with Gasteiger partial charge in [0.05, 0.1) is 36.0 Å². The zero-order valence-electron chi connectivity index (χ0n) is 21.0. The number of allylic oxidation sites excluding steroid dienone is 1. The Morgan fingerprint density at radius 2 is 1.68 bits per heavy atom. The minimum atomic E-state index is -0.385. The summed E-state index contributed by atoms with van der Waals surface area (Å²) in [4.78, 5) is 12.9. The first kappa shape index (κ1) is 27.0. The molecule has 194 valence electrons. The van der Waals surface area contributed by atoms with Crippen LogP contribution in [0.3, 0.4) is 0 Å². The van der Waals surface area contributed by atoms with Gasteiger partial charge in [0.15, 0.2) is 11.5 Å². The molecule has 38 heavy (non-hydrogen) atoms. The van der Waals surface area contributed by atoms with Crippen LogP contribution in [0.5, 0.6) is 17.2 Å². The van der Waals surface area contributed by atoms with Gasteiger partial charge < -0.3 is 14.2 Å². The molecular weight excluding hydrogens is 523 g/mol. The number of benzene rings is 4. The number of carbonyl (C=O) groups is 1. The second-order valence-electron chi connectivity index (χ2n) is 8.34. The Bertz CT molecular complexity index is 1520. The van der Waals surface area contributed by atoms with E-state index in [4.69, 9.17) is 37.4 Å². The second-order valence-corrected chi connectivity index (χ2v) is 9.15. The molecule has 0 radical (unpaired) electrons. The van der Waals surface area contributed by atoms with Gasteiger partial charge in [-0.1, -0.05) is 59.6 Å². The number of ether oxygens (including phenoxy) is 3. The lowest BCUT2D eigenvalue weighted by Gasteiger charge is -2.16. The molecule has 6 nitrogen and oxygen atoms in total. The molecule has 1 amide bonds. The Morgan fingerprint density at radius 1 is 0.947 bits per heavy atom. The fourth-order valence-electron chi connectivity index (χ4n) is 3.96. The van der Waals surface area contributed by atoms with Crippen molar-refractivity contribution >= 4 is 46.1 Å². The third-order valence-corrected chi connectivity index (χ3v) is 6.54. The number of hydrogen-bond donors (Lipinski definition) is 1. The number of methoxy groups -OCH3 is 2. The summed E-state index contributed by atoms with van der Waals surface area (Å²) in [6, 6.07) is 20.4. The van der Waals surface area contributed by atoms with E-state index in [1.807, 2.05) is 42.5 Å². The lowest BCUT2D eigenvalue weighted by Crippen LogP contribution is -2.18. The van der Waals surface area contributed by atoms with Crippen LogP contribution in [-0.2, 0) is 13.0 Å². The fourth-order valence-corrected chi connectivity index (χ4v) is 4.28. The summed E-state index contributed by atoms with van der Waals surface area (Å²) >= 11 is 12.1. The Kier molecular flexibility index (Phi) is 8.89. The van der Waals surface area contributed by atoms with Gasteiger partial charge in [0.1, 0.15) is 12.4 Å². The average Bonchev–Trinajstić information content (AvgIpc) is 2.93. The normalized spacial score (nSPS) is 10.9. The van der Waals surface area contributed by atoms with Gasteiger partial charge in [0.2, 0.25) is 0 Å². The maximum atomic E-state index is 12.9. The molecule has 0 aliphatic carbocycles. The highest BCUT2D eigenvalue weighted by Crippen LogP contribution is 2.34. The number of nitrogens with zero attached hydrogens (tertiary/aromatic N) is 1. The van der Waals surface area contributed by atoms with Gasteiger partial charge in [0.25, 0.3) is 5.91 Å². The molecule has 0 saturated carbocycles. The van der Waals surface area contributed by atoms with Crippen LogP contribution < -0.4 is 19.6 Å². The number of carbonyl (C=O) groups excluding carboxylic acids is 1. The zero-order valence-corrected chi connectivity index (χ0v) is 22.5. The summed E-state index contributed by atoms with van der Waals surface area (Å²) < 4.78 is 17.1. The third-order valence-electron chi connectivity index (χ3n) is 5.80. The summed E-state index contributed by atoms with van der Waals surface area (Å²) in [5, 5.41) is 7.01. The van der Waals surface area contributed by atoms with Crippen LogP contribution in [0.1, 0.15) is 27.0 Å². The molecule has 4 aromatic carbocycles. The van der Waals surface area contributed by atoms with Crippen molar-refractivity contribution in [2.45, 2.75) is 13.0 Å². The van der Waals surface area contributed by atoms with Crippen molar-refractivity contribution in [2.75, 3.05) is 14.2 Å². The smallest absolute Gasteiger partial charge is 0.275 e. The first-order chi connectivity index (χ1) is 18.4. The highest BCUT2D eigenvalue weighted by atomic mass is 35.5. The molecule has 1 N–H and O–H groups in total. The van der Waals surface area contributed by atoms with E-state index < -0.39 is 0 Å². The van der Waals surface area contributed by atoms with Crippen LogP contribution in [0.25, 0.3) is 10.8 Å². The molecule has 0 spiro atoms. The molecule has 4 aromatic rings. The predicted octanol–water partition coefficient (Wildman–Crippen LogP) is 7.24. The van der Waals surface area contributed by atoms with Gasteiger partial charge in [-0.05, 0) is 64.7 Å². The van der Waals surface area contributed by atoms with E-state index in [9.17, 15) is 4.79 Å². The number of nitrogens with one attached hydrogen (secondary N) is 1. The lowest BCUT2D eigenvalue weighted by atomic mass is 10.1. The average molecular weight is 549 g/mol. The number of hydrazone groups is 1. The van der Waals surface area contributed by atoms with E-state index in [-0.39, 0.29) is 12.5 Å². The molecule has 0 atom stereocenters. The number of halogens is 2. The van der Waals surface area contributed by atoms with Gasteiger partial charge in [-0.25, -0.2) is 5.43 Å². The maximum absolute atomic E-state index is 12.9. The lowest BCUT2D eigenvalue weighted by molar-refractivity contribution is 0.0952. The molecule has 0 unspecified atom stereocenters. The first-order valence-corrected chi connectivity index (χ1v) is 12.5. The predicted molar refractivity (Wildman–Crippen MR) is 153 cm³/mol. The number of amides is 1. The molecule has 8 heteroatoms. The summed E-state index contributed by atoms with van der Waals surface area (Å²) in [5.41, 5.74) is 5.40. The molecule has 0 aliphatic rings. The fraction of sp³-hybridized carbons (Fsp3) is 0.133. The summed E-state index contributed by atoms with van der Waals surface area (Å²) in [6.45, 7) is 4.12. The van der Waals surface area contributed by atoms with Crippen LogP contribution in [0.2, 0.25) is 10.0 Å². The van der Waals surface area contributed by atoms with E-state index in [0.29, 0.717) is 44.8 Å². The van der Waals surface area contributed by atoms with E-state index in [0.717, 1.165) is 21.9 Å². The quantitative estimate of drug-likeness (QED) is 0.129. The second kappa shape index (κ2) is 12.5. The molecule has 0 aromatic heterocycles. The van der Waals surface area contributed by atoms with Crippen molar-refractivity contribution in [2.24, 2.45) is 5.10 Å². The van der Waals surface area contributed by atoms with Crippen LogP contribution in [0.4, 0.5) is 0 Å². The van der Waals surface area contributed by atoms with Gasteiger partial charge in [0, 0.05) is 5.56 Å². The number of fused-ring (bicyclic) bond motifs is 1. The summed E-state index contributed by atoms with van der Waals surface area (Å²) in [5.74, 6) is 1.19. The molecule has 0 fully saturated rings. The van der Waals surface area contributed by atoms with Crippen LogP contribution in [0.15, 0.2) is 84.5 Å². The standard InChI is InChI=1S/C30H26Cl2N2O4/c1-4-7-23-12-20(14-28(37-3)29(23)38-18-19-10-11-25(31)26(32)13-19)17-33-34-30(35)24-15-21-8-5-6-9-22(21)16-27(24)36-2/h4-6,8-17H,1,7,18H2,2-3H3,(H,34,35)/b33-17-. The monoisotopic (exact) mass is 548 g/mol. The molecule has 0 heterocycles. The zero-order chi connectivity index (χ0) is 27.1. The summed E-state index contributed by atoms with van der Waals surface area (Å²) in [6.07, 6.45) is 3.86. The van der Waals surface area contributed by atoms with Gasteiger partial charge in [-0.3, -0.25) is 4.79 Å². The van der Waals surface area contributed by atoms with Gasteiger partial charge in [-0.15, -0.1) is 6.58 Å². The van der Waals surface area contributed by atoms with Crippen molar-refractivity contribution in [1.29, 1.82) is 0 Å². The van der Waals surface area contributed by atoms with Crippen molar-refractivity contribution < 1.29 is 19.0 Å². The van der Waals surface area contributed by atoms with Crippen molar-refractivity contribution in [3.05, 3.63) is 112 Å². The Labute approximate surface area is 231 Å². The first-order valence-electron chi connectivity index (χ1n) is 11.7. The molecular formula is C30H26Cl2N2O4. The van der Waals surface area contributed by atoms with Crippen molar-refractivity contribution in [3.8, 4) is 17.2 Å². The number of hydrogen-bond acceptors (Lipinski definition) is 5. The Hall–Kier alpha value is -4.00. The highest BCUT2D eigenvalue weighted by Gasteiger charge is 2.15. The minimum Gasteiger partial charge on any atom is -0.496 e. The van der Waals surface area contributed by atoms with Crippen molar-refractivity contribution in [3.63, 3.8) is 0 Å². The van der Waals surface area contributed by atoms with E-state index >= 15 is 0 Å². The maximum Gasteiger partial charge on any atom is 0.275 e. The molecule has 0 bridgehead atoms. The third kappa shape index (κ3) is 6.28. The van der Waals surface area contributed by atoms with Gasteiger partial charge >= 0.3 is 0 Å². The molecule has 0 aliphatic heterocycles. The topological polar surface area (TPSA) is 69.2 Å². The van der Waals surface area contributed by atoms with Crippen molar-refractivity contribution in [1.82, 2.24) is 5.43 Å². The number of rotatable bonds is 10. The summed E-state index contributed by atoms with van der Waals surface area (Å²) in [7, 11) is 3.09. The van der Waals surface area contributed by atoms with Crippen LogP contribution >= 0.6 is 23.2 Å². The van der Waals surface area contributed by atoms with E-state index in [1.165, 1.54) is 7.11 Å². The minimum absolute atomic E-state index is 0.272. The van der Waals surface area contributed by atoms with Crippen LogP contribution in [0, 0.1) is 0 Å².